The highest BCUT2D eigenvalue weighted by molar-refractivity contribution is 5.91. The third-order valence-corrected chi connectivity index (χ3v) is 4.31. The van der Waals surface area contributed by atoms with Gasteiger partial charge in [0.2, 0.25) is 0 Å². The van der Waals surface area contributed by atoms with Gasteiger partial charge < -0.3 is 4.74 Å². The fourth-order valence-corrected chi connectivity index (χ4v) is 3.13. The molecule has 0 saturated carbocycles. The van der Waals surface area contributed by atoms with E-state index in [0.29, 0.717) is 12.0 Å². The highest BCUT2D eigenvalue weighted by atomic mass is 16.6. The smallest absolute Gasteiger partial charge is 0.337 e. The number of ether oxygens (including phenoxy) is 1. The number of fused-ring (bicyclic) bond motifs is 1. The van der Waals surface area contributed by atoms with Crippen molar-refractivity contribution in [1.82, 2.24) is 0 Å². The number of hydrogen-bond donors (Lipinski definition) is 0. The predicted molar refractivity (Wildman–Crippen MR) is 86.4 cm³/mol. The normalized spacial score (nSPS) is 19.4. The van der Waals surface area contributed by atoms with Crippen LogP contribution < -0.4 is 0 Å². The Morgan fingerprint density at radius 1 is 1.35 bits per heavy atom. The summed E-state index contributed by atoms with van der Waals surface area (Å²) in [5, 5.41) is 10.8. The SMILES string of the molecule is COC(=O)c1ccc2c(c1)C(C1C=CC([N+](=O)[O-])=CC1)=CCC2. The molecular weight excluding hydrogens is 294 g/mol. The average Bonchev–Trinajstić information content (AvgIpc) is 2.60. The van der Waals surface area contributed by atoms with Crippen LogP contribution in [0.25, 0.3) is 5.57 Å². The minimum absolute atomic E-state index is 0.102. The Kier molecular flexibility index (Phi) is 4.10. The van der Waals surface area contributed by atoms with Crippen LogP contribution in [0.15, 0.2) is 48.2 Å². The van der Waals surface area contributed by atoms with E-state index < -0.39 is 0 Å². The largest absolute Gasteiger partial charge is 0.465 e. The fraction of sp³-hybridized carbons (Fsp3) is 0.278. The number of carbonyl (C=O) groups is 1. The van der Waals surface area contributed by atoms with Crippen LogP contribution in [0.1, 0.15) is 34.3 Å². The lowest BCUT2D eigenvalue weighted by Crippen LogP contribution is -2.12. The molecule has 0 amide bonds. The van der Waals surface area contributed by atoms with Gasteiger partial charge in [-0.3, -0.25) is 10.1 Å². The number of nitro groups is 1. The molecule has 2 aliphatic rings. The van der Waals surface area contributed by atoms with Gasteiger partial charge in [-0.05, 0) is 54.2 Å². The van der Waals surface area contributed by atoms with Crippen LogP contribution in [-0.4, -0.2) is 18.0 Å². The Hall–Kier alpha value is -2.69. The Balaban J connectivity index is 1.92. The third kappa shape index (κ3) is 2.95. The molecule has 1 aromatic carbocycles. The number of rotatable bonds is 3. The van der Waals surface area contributed by atoms with E-state index >= 15 is 0 Å². The van der Waals surface area contributed by atoms with Crippen molar-refractivity contribution < 1.29 is 14.5 Å². The molecule has 1 aromatic rings. The Bertz CT molecular complexity index is 758. The first kappa shape index (κ1) is 15.2. The van der Waals surface area contributed by atoms with Crippen molar-refractivity contribution >= 4 is 11.5 Å². The van der Waals surface area contributed by atoms with Crippen molar-refractivity contribution in [2.24, 2.45) is 5.92 Å². The summed E-state index contributed by atoms with van der Waals surface area (Å²) >= 11 is 0. The molecule has 0 heterocycles. The first-order valence-electron chi connectivity index (χ1n) is 7.54. The summed E-state index contributed by atoms with van der Waals surface area (Å²) in [5.41, 5.74) is 4.05. The summed E-state index contributed by atoms with van der Waals surface area (Å²) in [6.07, 6.45) is 9.74. The molecule has 23 heavy (non-hydrogen) atoms. The van der Waals surface area contributed by atoms with Gasteiger partial charge in [-0.2, -0.15) is 0 Å². The Morgan fingerprint density at radius 2 is 2.17 bits per heavy atom. The van der Waals surface area contributed by atoms with E-state index in [4.69, 9.17) is 4.74 Å². The van der Waals surface area contributed by atoms with Gasteiger partial charge in [0.25, 0.3) is 5.70 Å². The molecule has 2 aliphatic carbocycles. The minimum atomic E-state index is -0.370. The molecule has 0 N–H and O–H groups in total. The number of nitrogens with zero attached hydrogens (tertiary/aromatic N) is 1. The van der Waals surface area contributed by atoms with Crippen LogP contribution in [0.4, 0.5) is 0 Å². The molecule has 0 fully saturated rings. The first-order valence-corrected chi connectivity index (χ1v) is 7.54. The number of benzene rings is 1. The molecular formula is C18H17NO4. The van der Waals surface area contributed by atoms with Crippen molar-refractivity contribution in [3.8, 4) is 0 Å². The summed E-state index contributed by atoms with van der Waals surface area (Å²) < 4.78 is 4.79. The van der Waals surface area contributed by atoms with Gasteiger partial charge in [-0.1, -0.05) is 18.2 Å². The van der Waals surface area contributed by atoms with Crippen molar-refractivity contribution in [1.29, 1.82) is 0 Å². The lowest BCUT2D eigenvalue weighted by atomic mass is 9.80. The van der Waals surface area contributed by atoms with E-state index in [2.05, 4.69) is 6.08 Å². The van der Waals surface area contributed by atoms with Gasteiger partial charge in [0.05, 0.1) is 17.6 Å². The molecule has 5 nitrogen and oxygen atoms in total. The lowest BCUT2D eigenvalue weighted by molar-refractivity contribution is -0.419. The van der Waals surface area contributed by atoms with Gasteiger partial charge in [-0.25, -0.2) is 4.79 Å². The van der Waals surface area contributed by atoms with Crippen molar-refractivity contribution in [2.45, 2.75) is 19.3 Å². The van der Waals surface area contributed by atoms with E-state index in [9.17, 15) is 14.9 Å². The third-order valence-electron chi connectivity index (χ3n) is 4.31. The maximum absolute atomic E-state index is 11.8. The Morgan fingerprint density at radius 3 is 2.83 bits per heavy atom. The predicted octanol–water partition coefficient (Wildman–Crippen LogP) is 3.54. The van der Waals surface area contributed by atoms with Crippen LogP contribution in [-0.2, 0) is 11.2 Å². The van der Waals surface area contributed by atoms with Gasteiger partial charge in [-0.15, -0.1) is 0 Å². The minimum Gasteiger partial charge on any atom is -0.465 e. The standard InChI is InChI=1S/C18H17NO4/c1-23-18(20)14-6-5-12-3-2-4-16(17(12)11-14)13-7-9-15(10-8-13)19(21)22/h4-7,9-11,13H,2-3,8H2,1H3. The summed E-state index contributed by atoms with van der Waals surface area (Å²) in [6.45, 7) is 0. The molecule has 3 rings (SSSR count). The topological polar surface area (TPSA) is 69.4 Å². The second-order valence-electron chi connectivity index (χ2n) is 5.65. The van der Waals surface area contributed by atoms with Crippen LogP contribution in [0.3, 0.4) is 0 Å². The number of aryl methyl sites for hydroxylation is 1. The zero-order valence-electron chi connectivity index (χ0n) is 12.8. The summed E-state index contributed by atoms with van der Waals surface area (Å²) in [6, 6.07) is 5.63. The summed E-state index contributed by atoms with van der Waals surface area (Å²) in [5.74, 6) is -0.252. The maximum Gasteiger partial charge on any atom is 0.337 e. The van der Waals surface area contributed by atoms with Crippen molar-refractivity contribution in [3.05, 3.63) is 75.0 Å². The zero-order valence-corrected chi connectivity index (χ0v) is 12.8. The van der Waals surface area contributed by atoms with Gasteiger partial charge in [0.1, 0.15) is 0 Å². The first-order chi connectivity index (χ1) is 11.1. The number of hydrogen-bond acceptors (Lipinski definition) is 4. The second kappa shape index (κ2) is 6.20. The molecule has 5 heteroatoms. The summed E-state index contributed by atoms with van der Waals surface area (Å²) in [7, 11) is 1.37. The van der Waals surface area contributed by atoms with Crippen LogP contribution in [0.2, 0.25) is 0 Å². The molecule has 0 aliphatic heterocycles. The quantitative estimate of drug-likeness (QED) is 0.486. The molecule has 0 bridgehead atoms. The second-order valence-corrected chi connectivity index (χ2v) is 5.65. The average molecular weight is 311 g/mol. The molecule has 0 saturated heterocycles. The lowest BCUT2D eigenvalue weighted by Gasteiger charge is -2.24. The van der Waals surface area contributed by atoms with Crippen molar-refractivity contribution in [2.75, 3.05) is 7.11 Å². The number of methoxy groups -OCH3 is 1. The molecule has 1 unspecified atom stereocenters. The highest BCUT2D eigenvalue weighted by Gasteiger charge is 2.23. The Labute approximate surface area is 134 Å². The van der Waals surface area contributed by atoms with E-state index in [0.717, 1.165) is 24.0 Å². The number of esters is 1. The molecule has 0 spiro atoms. The van der Waals surface area contributed by atoms with Crippen LogP contribution in [0, 0.1) is 16.0 Å². The summed E-state index contributed by atoms with van der Waals surface area (Å²) in [4.78, 5) is 22.2. The fourth-order valence-electron chi connectivity index (χ4n) is 3.13. The number of allylic oxidation sites excluding steroid dienone is 5. The van der Waals surface area contributed by atoms with Crippen molar-refractivity contribution in [3.63, 3.8) is 0 Å². The highest BCUT2D eigenvalue weighted by Crippen LogP contribution is 2.36. The maximum atomic E-state index is 11.8. The molecule has 0 radical (unpaired) electrons. The van der Waals surface area contributed by atoms with E-state index in [1.807, 2.05) is 18.2 Å². The molecule has 118 valence electrons. The van der Waals surface area contributed by atoms with Crippen LogP contribution in [0.5, 0.6) is 0 Å². The van der Waals surface area contributed by atoms with E-state index in [1.165, 1.54) is 12.7 Å². The van der Waals surface area contributed by atoms with Gasteiger partial charge in [0.15, 0.2) is 0 Å². The monoisotopic (exact) mass is 311 g/mol. The molecule has 1 atom stereocenters. The zero-order chi connectivity index (χ0) is 16.4. The molecule has 0 aromatic heterocycles. The van der Waals surface area contributed by atoms with E-state index in [-0.39, 0.29) is 22.5 Å². The van der Waals surface area contributed by atoms with Gasteiger partial charge >= 0.3 is 5.97 Å². The number of carbonyl (C=O) groups excluding carboxylic acids is 1. The van der Waals surface area contributed by atoms with Gasteiger partial charge in [0, 0.05) is 12.0 Å². The van der Waals surface area contributed by atoms with E-state index in [1.54, 1.807) is 18.2 Å². The van der Waals surface area contributed by atoms with Crippen LogP contribution >= 0.6 is 0 Å².